The normalized spacial score (nSPS) is 30.7. The molecule has 3 atom stereocenters. The maximum Gasteiger partial charge on any atom is 0.223 e. The number of aliphatic hydroxyl groups excluding tert-OH is 1. The Morgan fingerprint density at radius 1 is 1.43 bits per heavy atom. The van der Waals surface area contributed by atoms with E-state index < -0.39 is 0 Å². The fourth-order valence-electron chi connectivity index (χ4n) is 4.06. The second-order valence-corrected chi connectivity index (χ2v) is 7.63. The molecular formula is C17H27N3O3. The lowest BCUT2D eigenvalue weighted by Crippen LogP contribution is -2.46. The maximum atomic E-state index is 12.6. The van der Waals surface area contributed by atoms with Gasteiger partial charge >= 0.3 is 0 Å². The highest BCUT2D eigenvalue weighted by Gasteiger charge is 2.48. The summed E-state index contributed by atoms with van der Waals surface area (Å²) in [6.07, 6.45) is 4.20. The van der Waals surface area contributed by atoms with Crippen LogP contribution in [0.3, 0.4) is 0 Å². The molecule has 1 aliphatic heterocycles. The van der Waals surface area contributed by atoms with Gasteiger partial charge in [0, 0.05) is 31.3 Å². The van der Waals surface area contributed by atoms with E-state index in [1.165, 1.54) is 0 Å². The number of hydrogen-bond donors (Lipinski definition) is 1. The predicted molar refractivity (Wildman–Crippen MR) is 84.8 cm³/mol. The summed E-state index contributed by atoms with van der Waals surface area (Å²) in [6.45, 7) is 7.02. The number of aliphatic hydroxyl groups is 1. The number of fused-ring (bicyclic) bond motifs is 1. The van der Waals surface area contributed by atoms with Crippen molar-refractivity contribution in [2.75, 3.05) is 6.54 Å². The Labute approximate surface area is 137 Å². The van der Waals surface area contributed by atoms with Gasteiger partial charge in [0.2, 0.25) is 17.7 Å². The molecule has 1 amide bonds. The molecule has 0 spiro atoms. The molecule has 1 saturated heterocycles. The molecule has 128 valence electrons. The lowest BCUT2D eigenvalue weighted by atomic mass is 9.71. The van der Waals surface area contributed by atoms with Crippen LogP contribution >= 0.6 is 0 Å². The van der Waals surface area contributed by atoms with E-state index in [2.05, 4.69) is 17.1 Å². The third kappa shape index (κ3) is 3.27. The molecule has 1 aromatic heterocycles. The van der Waals surface area contributed by atoms with Crippen molar-refractivity contribution in [3.63, 3.8) is 0 Å². The van der Waals surface area contributed by atoms with Gasteiger partial charge in [-0.3, -0.25) is 4.79 Å². The van der Waals surface area contributed by atoms with Crippen LogP contribution in [0.2, 0.25) is 0 Å². The first-order valence-electron chi connectivity index (χ1n) is 8.69. The number of hydrogen-bond acceptors (Lipinski definition) is 5. The molecule has 2 fully saturated rings. The smallest absolute Gasteiger partial charge is 0.223 e. The summed E-state index contributed by atoms with van der Waals surface area (Å²) >= 11 is 0. The van der Waals surface area contributed by atoms with Gasteiger partial charge in [0.15, 0.2) is 0 Å². The Hall–Kier alpha value is -1.43. The van der Waals surface area contributed by atoms with Gasteiger partial charge in [0.25, 0.3) is 0 Å². The highest BCUT2D eigenvalue weighted by Crippen LogP contribution is 2.46. The lowest BCUT2D eigenvalue weighted by molar-refractivity contribution is -0.134. The van der Waals surface area contributed by atoms with Crippen LogP contribution in [0.1, 0.15) is 70.6 Å². The van der Waals surface area contributed by atoms with Crippen LogP contribution in [0, 0.1) is 5.41 Å². The summed E-state index contributed by atoms with van der Waals surface area (Å²) in [4.78, 5) is 14.6. The SMILES string of the molecule is CC(C)c1nnc(CCC(=O)N2CC[C@@]3(C)C[C@H](O)CC[C@@H]23)o1. The minimum atomic E-state index is -0.209. The summed E-state index contributed by atoms with van der Waals surface area (Å²) < 4.78 is 5.57. The lowest BCUT2D eigenvalue weighted by Gasteiger charge is -2.41. The first-order chi connectivity index (χ1) is 10.9. The van der Waals surface area contributed by atoms with E-state index in [4.69, 9.17) is 4.42 Å². The quantitative estimate of drug-likeness (QED) is 0.920. The molecule has 2 heterocycles. The zero-order valence-corrected chi connectivity index (χ0v) is 14.3. The second kappa shape index (κ2) is 6.23. The summed E-state index contributed by atoms with van der Waals surface area (Å²) in [7, 11) is 0. The number of aryl methyl sites for hydroxylation is 1. The largest absolute Gasteiger partial charge is 0.425 e. The minimum absolute atomic E-state index is 0.0721. The Morgan fingerprint density at radius 2 is 2.22 bits per heavy atom. The van der Waals surface area contributed by atoms with Gasteiger partial charge < -0.3 is 14.4 Å². The fraction of sp³-hybridized carbons (Fsp3) is 0.824. The zero-order chi connectivity index (χ0) is 16.6. The molecule has 0 radical (unpaired) electrons. The third-order valence-corrected chi connectivity index (χ3v) is 5.43. The highest BCUT2D eigenvalue weighted by molar-refractivity contribution is 5.77. The number of carbonyl (C=O) groups excluding carboxylic acids is 1. The van der Waals surface area contributed by atoms with Crippen molar-refractivity contribution in [3.05, 3.63) is 11.8 Å². The molecule has 1 saturated carbocycles. The van der Waals surface area contributed by atoms with E-state index in [1.807, 2.05) is 18.7 Å². The zero-order valence-electron chi connectivity index (χ0n) is 14.3. The summed E-state index contributed by atoms with van der Waals surface area (Å²) in [5, 5.41) is 17.9. The predicted octanol–water partition coefficient (Wildman–Crippen LogP) is 2.28. The molecule has 0 unspecified atom stereocenters. The molecular weight excluding hydrogens is 294 g/mol. The van der Waals surface area contributed by atoms with Gasteiger partial charge in [-0.25, -0.2) is 0 Å². The molecule has 1 aromatic rings. The molecule has 3 rings (SSSR count). The second-order valence-electron chi connectivity index (χ2n) is 7.63. The molecule has 2 aliphatic rings. The fourth-order valence-corrected chi connectivity index (χ4v) is 4.06. The average Bonchev–Trinajstić information content (AvgIpc) is 3.08. The monoisotopic (exact) mass is 321 g/mol. The van der Waals surface area contributed by atoms with Crippen molar-refractivity contribution in [1.29, 1.82) is 0 Å². The molecule has 1 N–H and O–H groups in total. The third-order valence-electron chi connectivity index (χ3n) is 5.43. The van der Waals surface area contributed by atoms with E-state index in [9.17, 15) is 9.90 Å². The van der Waals surface area contributed by atoms with E-state index in [0.29, 0.717) is 24.6 Å². The van der Waals surface area contributed by atoms with Crippen LogP contribution in [0.4, 0.5) is 0 Å². The van der Waals surface area contributed by atoms with Crippen molar-refractivity contribution in [3.8, 4) is 0 Å². The first-order valence-corrected chi connectivity index (χ1v) is 8.69. The average molecular weight is 321 g/mol. The van der Waals surface area contributed by atoms with Crippen LogP contribution in [0.15, 0.2) is 4.42 Å². The van der Waals surface area contributed by atoms with Gasteiger partial charge in [-0.15, -0.1) is 10.2 Å². The van der Waals surface area contributed by atoms with Gasteiger partial charge in [0.05, 0.1) is 6.10 Å². The Morgan fingerprint density at radius 3 is 2.91 bits per heavy atom. The molecule has 6 heteroatoms. The minimum Gasteiger partial charge on any atom is -0.425 e. The van der Waals surface area contributed by atoms with Crippen LogP contribution in [0.5, 0.6) is 0 Å². The van der Waals surface area contributed by atoms with Crippen LogP contribution in [0.25, 0.3) is 0 Å². The van der Waals surface area contributed by atoms with Crippen LogP contribution in [-0.4, -0.2) is 44.8 Å². The number of amides is 1. The van der Waals surface area contributed by atoms with Crippen molar-refractivity contribution in [1.82, 2.24) is 15.1 Å². The van der Waals surface area contributed by atoms with Gasteiger partial charge in [-0.05, 0) is 31.1 Å². The molecule has 23 heavy (non-hydrogen) atoms. The molecule has 6 nitrogen and oxygen atoms in total. The Balaban J connectivity index is 1.58. The maximum absolute atomic E-state index is 12.6. The Kier molecular flexibility index (Phi) is 4.45. The number of aromatic nitrogens is 2. The van der Waals surface area contributed by atoms with E-state index in [-0.39, 0.29) is 29.4 Å². The van der Waals surface area contributed by atoms with Gasteiger partial charge in [-0.2, -0.15) is 0 Å². The molecule has 0 bridgehead atoms. The first kappa shape index (κ1) is 16.4. The summed E-state index contributed by atoms with van der Waals surface area (Å²) in [5.74, 6) is 1.55. The topological polar surface area (TPSA) is 79.5 Å². The van der Waals surface area contributed by atoms with Crippen molar-refractivity contribution < 1.29 is 14.3 Å². The van der Waals surface area contributed by atoms with E-state index in [1.54, 1.807) is 0 Å². The molecule has 0 aromatic carbocycles. The summed E-state index contributed by atoms with van der Waals surface area (Å²) in [5.41, 5.74) is 0.0721. The highest BCUT2D eigenvalue weighted by atomic mass is 16.4. The van der Waals surface area contributed by atoms with E-state index >= 15 is 0 Å². The van der Waals surface area contributed by atoms with Crippen LogP contribution < -0.4 is 0 Å². The van der Waals surface area contributed by atoms with E-state index in [0.717, 1.165) is 32.2 Å². The number of carbonyl (C=O) groups is 1. The van der Waals surface area contributed by atoms with Crippen LogP contribution in [-0.2, 0) is 11.2 Å². The number of rotatable bonds is 4. The Bertz CT molecular complexity index is 571. The number of likely N-dealkylation sites (tertiary alicyclic amines) is 1. The standard InChI is InChI=1S/C17H27N3O3/c1-11(2)16-19-18-14(23-16)6-7-15(22)20-9-8-17(3)10-12(21)4-5-13(17)20/h11-13,21H,4-10H2,1-3H3/t12-,13-,17+/m1/s1. The molecule has 1 aliphatic carbocycles. The number of nitrogens with zero attached hydrogens (tertiary/aromatic N) is 3. The van der Waals surface area contributed by atoms with Crippen molar-refractivity contribution in [2.24, 2.45) is 5.41 Å². The van der Waals surface area contributed by atoms with Crippen molar-refractivity contribution in [2.45, 2.75) is 77.4 Å². The summed E-state index contributed by atoms with van der Waals surface area (Å²) in [6, 6.07) is 0.271. The van der Waals surface area contributed by atoms with Gasteiger partial charge in [-0.1, -0.05) is 20.8 Å². The van der Waals surface area contributed by atoms with Gasteiger partial charge in [0.1, 0.15) is 0 Å². The van der Waals surface area contributed by atoms with Crippen molar-refractivity contribution >= 4 is 5.91 Å².